The number of halogens is 1. The third-order valence-electron chi connectivity index (χ3n) is 4.20. The number of aromatic nitrogens is 2. The van der Waals surface area contributed by atoms with E-state index in [1.165, 1.54) is 0 Å². The Morgan fingerprint density at radius 1 is 1.25 bits per heavy atom. The van der Waals surface area contributed by atoms with Gasteiger partial charge in [0.2, 0.25) is 0 Å². The molecule has 6 heteroatoms. The summed E-state index contributed by atoms with van der Waals surface area (Å²) in [4.78, 5) is 18.7. The van der Waals surface area contributed by atoms with Gasteiger partial charge in [-0.15, -0.1) is 0 Å². The number of pyridine rings is 1. The molecule has 0 N–H and O–H groups in total. The quantitative estimate of drug-likeness (QED) is 0.734. The summed E-state index contributed by atoms with van der Waals surface area (Å²) in [6.07, 6.45) is 6.12. The molecule has 1 fully saturated rings. The molecule has 1 unspecified atom stereocenters. The van der Waals surface area contributed by atoms with Crippen molar-refractivity contribution in [2.45, 2.75) is 12.5 Å². The van der Waals surface area contributed by atoms with Gasteiger partial charge in [0.15, 0.2) is 0 Å². The van der Waals surface area contributed by atoms with Gasteiger partial charge in [0.1, 0.15) is 17.5 Å². The fourth-order valence-corrected chi connectivity index (χ4v) is 3.14. The highest BCUT2D eigenvalue weighted by molar-refractivity contribution is 6.32. The van der Waals surface area contributed by atoms with Crippen LogP contribution in [0.5, 0.6) is 5.75 Å². The number of carbonyl (C=O) groups is 1. The van der Waals surface area contributed by atoms with Gasteiger partial charge in [-0.1, -0.05) is 23.7 Å². The van der Waals surface area contributed by atoms with Crippen molar-refractivity contribution >= 4 is 23.2 Å². The first kappa shape index (κ1) is 15.0. The number of nitrogens with zero attached hydrogens (tertiary/aromatic N) is 3. The van der Waals surface area contributed by atoms with Crippen LogP contribution in [0.1, 0.15) is 16.8 Å². The summed E-state index contributed by atoms with van der Waals surface area (Å²) in [6.45, 7) is 1.24. The van der Waals surface area contributed by atoms with Crippen molar-refractivity contribution in [1.82, 2.24) is 14.3 Å². The summed E-state index contributed by atoms with van der Waals surface area (Å²) in [5.74, 6) is 0.675. The molecule has 122 valence electrons. The Bertz CT molecular complexity index is 893. The Labute approximate surface area is 144 Å². The SMILES string of the molecule is O=C(c1ccc2nccn2c1)N1CCC(Oc2ccccc2Cl)C1. The molecule has 4 rings (SSSR count). The maximum Gasteiger partial charge on any atom is 0.255 e. The minimum absolute atomic E-state index is 0.0101. The maximum atomic E-state index is 12.7. The van der Waals surface area contributed by atoms with Gasteiger partial charge in [-0.3, -0.25) is 4.79 Å². The van der Waals surface area contributed by atoms with Crippen LogP contribution in [0.4, 0.5) is 0 Å². The molecule has 1 saturated heterocycles. The smallest absolute Gasteiger partial charge is 0.255 e. The van der Waals surface area contributed by atoms with Crippen LogP contribution in [0, 0.1) is 0 Å². The van der Waals surface area contributed by atoms with Gasteiger partial charge in [0, 0.05) is 31.6 Å². The third-order valence-corrected chi connectivity index (χ3v) is 4.51. The molecule has 0 radical (unpaired) electrons. The Kier molecular flexibility index (Phi) is 3.86. The molecule has 1 aromatic carbocycles. The largest absolute Gasteiger partial charge is 0.487 e. The second-order valence-corrected chi connectivity index (χ2v) is 6.23. The molecule has 3 heterocycles. The zero-order valence-electron chi connectivity index (χ0n) is 12.9. The minimum atomic E-state index is -0.0363. The number of carbonyl (C=O) groups excluding carboxylic acids is 1. The number of hydrogen-bond acceptors (Lipinski definition) is 3. The minimum Gasteiger partial charge on any atom is -0.487 e. The molecule has 0 aliphatic carbocycles. The summed E-state index contributed by atoms with van der Waals surface area (Å²) in [7, 11) is 0. The fraction of sp³-hybridized carbons (Fsp3) is 0.222. The lowest BCUT2D eigenvalue weighted by molar-refractivity contribution is 0.0772. The molecule has 0 saturated carbocycles. The van der Waals surface area contributed by atoms with Crippen molar-refractivity contribution in [2.24, 2.45) is 0 Å². The molecule has 1 aliphatic rings. The number of likely N-dealkylation sites (tertiary alicyclic amines) is 1. The Hall–Kier alpha value is -2.53. The van der Waals surface area contributed by atoms with Crippen molar-refractivity contribution in [1.29, 1.82) is 0 Å². The van der Waals surface area contributed by atoms with Crippen LogP contribution in [0.3, 0.4) is 0 Å². The number of benzene rings is 1. The van der Waals surface area contributed by atoms with Crippen LogP contribution in [0.2, 0.25) is 5.02 Å². The molecular formula is C18H16ClN3O2. The molecule has 5 nitrogen and oxygen atoms in total. The van der Waals surface area contributed by atoms with E-state index in [0.29, 0.717) is 29.4 Å². The Morgan fingerprint density at radius 2 is 2.12 bits per heavy atom. The van der Waals surface area contributed by atoms with Crippen molar-refractivity contribution in [3.63, 3.8) is 0 Å². The van der Waals surface area contributed by atoms with Crippen molar-refractivity contribution in [3.8, 4) is 5.75 Å². The third kappa shape index (κ3) is 2.83. The van der Waals surface area contributed by atoms with E-state index in [1.54, 1.807) is 12.3 Å². The molecule has 2 aromatic heterocycles. The highest BCUT2D eigenvalue weighted by Gasteiger charge is 2.28. The number of amides is 1. The first-order valence-electron chi connectivity index (χ1n) is 7.84. The molecule has 0 bridgehead atoms. The molecule has 1 aliphatic heterocycles. The predicted octanol–water partition coefficient (Wildman–Crippen LogP) is 3.28. The van der Waals surface area contributed by atoms with Gasteiger partial charge >= 0.3 is 0 Å². The lowest BCUT2D eigenvalue weighted by Gasteiger charge is -2.18. The summed E-state index contributed by atoms with van der Waals surface area (Å²) >= 11 is 6.13. The summed E-state index contributed by atoms with van der Waals surface area (Å²) in [5, 5.41) is 0.591. The van der Waals surface area contributed by atoms with Crippen LogP contribution in [0.25, 0.3) is 5.65 Å². The molecule has 24 heavy (non-hydrogen) atoms. The second kappa shape index (κ2) is 6.17. The standard InChI is InChI=1S/C18H16ClN3O2/c19-15-3-1-2-4-16(15)24-14-7-9-22(12-14)18(23)13-5-6-17-20-8-10-21(17)11-13/h1-6,8,10-11,14H,7,9,12H2. The predicted molar refractivity (Wildman–Crippen MR) is 91.6 cm³/mol. The first-order chi connectivity index (χ1) is 11.7. The van der Waals surface area contributed by atoms with Crippen LogP contribution in [0.15, 0.2) is 55.0 Å². The summed E-state index contributed by atoms with van der Waals surface area (Å²) in [6, 6.07) is 11.1. The van der Waals surface area contributed by atoms with Gasteiger partial charge < -0.3 is 14.0 Å². The van der Waals surface area contributed by atoms with E-state index >= 15 is 0 Å². The molecule has 0 spiro atoms. The number of rotatable bonds is 3. The lowest BCUT2D eigenvalue weighted by atomic mass is 10.2. The van der Waals surface area contributed by atoms with Gasteiger partial charge in [0.25, 0.3) is 5.91 Å². The van der Waals surface area contributed by atoms with E-state index < -0.39 is 0 Å². The van der Waals surface area contributed by atoms with E-state index in [4.69, 9.17) is 16.3 Å². The number of ether oxygens (including phenoxy) is 1. The van der Waals surface area contributed by atoms with Crippen molar-refractivity contribution in [3.05, 3.63) is 65.6 Å². The average Bonchev–Trinajstić information content (AvgIpc) is 3.24. The number of hydrogen-bond donors (Lipinski definition) is 0. The highest BCUT2D eigenvalue weighted by atomic mass is 35.5. The van der Waals surface area contributed by atoms with E-state index in [-0.39, 0.29) is 12.0 Å². The molecule has 3 aromatic rings. The highest BCUT2D eigenvalue weighted by Crippen LogP contribution is 2.27. The zero-order chi connectivity index (χ0) is 16.5. The van der Waals surface area contributed by atoms with Crippen molar-refractivity contribution in [2.75, 3.05) is 13.1 Å². The van der Waals surface area contributed by atoms with E-state index in [0.717, 1.165) is 12.1 Å². The van der Waals surface area contributed by atoms with E-state index in [9.17, 15) is 4.79 Å². The first-order valence-corrected chi connectivity index (χ1v) is 8.22. The Morgan fingerprint density at radius 3 is 3.00 bits per heavy atom. The normalized spacial score (nSPS) is 17.4. The van der Waals surface area contributed by atoms with Gasteiger partial charge in [0.05, 0.1) is 17.1 Å². The van der Waals surface area contributed by atoms with Gasteiger partial charge in [-0.05, 0) is 24.3 Å². The number of para-hydroxylation sites is 1. The maximum absolute atomic E-state index is 12.7. The van der Waals surface area contributed by atoms with E-state index in [1.807, 2.05) is 52.0 Å². The molecule has 1 atom stereocenters. The van der Waals surface area contributed by atoms with E-state index in [2.05, 4.69) is 4.98 Å². The molecular weight excluding hydrogens is 326 g/mol. The average molecular weight is 342 g/mol. The molecule has 1 amide bonds. The van der Waals surface area contributed by atoms with Gasteiger partial charge in [-0.2, -0.15) is 0 Å². The van der Waals surface area contributed by atoms with Crippen LogP contribution < -0.4 is 4.74 Å². The number of imidazole rings is 1. The van der Waals surface area contributed by atoms with Crippen molar-refractivity contribution < 1.29 is 9.53 Å². The topological polar surface area (TPSA) is 46.8 Å². The fourth-order valence-electron chi connectivity index (χ4n) is 2.96. The lowest BCUT2D eigenvalue weighted by Crippen LogP contribution is -2.31. The zero-order valence-corrected chi connectivity index (χ0v) is 13.7. The van der Waals surface area contributed by atoms with Crippen LogP contribution in [-0.2, 0) is 0 Å². The number of fused-ring (bicyclic) bond motifs is 1. The second-order valence-electron chi connectivity index (χ2n) is 5.82. The Balaban J connectivity index is 1.46. The summed E-state index contributed by atoms with van der Waals surface area (Å²) < 4.78 is 7.79. The summed E-state index contributed by atoms with van der Waals surface area (Å²) in [5.41, 5.74) is 1.48. The van der Waals surface area contributed by atoms with Crippen LogP contribution >= 0.6 is 11.6 Å². The van der Waals surface area contributed by atoms with Gasteiger partial charge in [-0.25, -0.2) is 4.98 Å². The van der Waals surface area contributed by atoms with Crippen LogP contribution in [-0.4, -0.2) is 39.4 Å². The monoisotopic (exact) mass is 341 g/mol.